The van der Waals surface area contributed by atoms with Gasteiger partial charge in [-0.3, -0.25) is 14.5 Å². The zero-order valence-electron chi connectivity index (χ0n) is 15.6. The number of hydrogen-bond donors (Lipinski definition) is 1. The number of carbonyl (C=O) groups excluding carboxylic acids is 2. The smallest absolute Gasteiger partial charge is 0.238 e. The van der Waals surface area contributed by atoms with E-state index in [9.17, 15) is 9.59 Å². The second kappa shape index (κ2) is 10.1. The van der Waals surface area contributed by atoms with Gasteiger partial charge in [0.15, 0.2) is 0 Å². The number of nitrogens with zero attached hydrogens (tertiary/aromatic N) is 2. The van der Waals surface area contributed by atoms with Crippen molar-refractivity contribution in [2.24, 2.45) is 0 Å². The Balaban J connectivity index is 2.49. The molecule has 2 amide bonds. The normalized spacial score (nSPS) is 12.1. The molecule has 0 aromatic heterocycles. The summed E-state index contributed by atoms with van der Waals surface area (Å²) in [5.41, 5.74) is 2.06. The monoisotopic (exact) mass is 333 g/mol. The summed E-state index contributed by atoms with van der Waals surface area (Å²) < 4.78 is 0. The summed E-state index contributed by atoms with van der Waals surface area (Å²) in [5, 5.41) is 2.88. The maximum absolute atomic E-state index is 12.1. The van der Waals surface area contributed by atoms with Gasteiger partial charge in [-0.25, -0.2) is 0 Å². The second-order valence-electron chi connectivity index (χ2n) is 6.22. The van der Waals surface area contributed by atoms with Crippen LogP contribution in [0.2, 0.25) is 0 Å². The van der Waals surface area contributed by atoms with Crippen LogP contribution in [0.3, 0.4) is 0 Å². The number of anilines is 1. The lowest BCUT2D eigenvalue weighted by atomic mass is 9.99. The van der Waals surface area contributed by atoms with Crippen LogP contribution in [0.15, 0.2) is 24.3 Å². The Morgan fingerprint density at radius 2 is 1.62 bits per heavy atom. The molecule has 0 unspecified atom stereocenters. The van der Waals surface area contributed by atoms with Gasteiger partial charge in [-0.2, -0.15) is 0 Å². The predicted octanol–water partition coefficient (Wildman–Crippen LogP) is 2.94. The molecule has 0 aliphatic rings. The van der Waals surface area contributed by atoms with Crippen LogP contribution in [0.5, 0.6) is 0 Å². The van der Waals surface area contributed by atoms with Crippen LogP contribution in [0.25, 0.3) is 0 Å². The summed E-state index contributed by atoms with van der Waals surface area (Å²) in [6.07, 6.45) is 1.09. The van der Waals surface area contributed by atoms with Crippen LogP contribution in [-0.2, 0) is 9.59 Å². The molecule has 0 saturated carbocycles. The molecule has 1 atom stereocenters. The lowest BCUT2D eigenvalue weighted by molar-refractivity contribution is -0.132. The highest BCUT2D eigenvalue weighted by atomic mass is 16.2. The van der Waals surface area contributed by atoms with Gasteiger partial charge in [0.1, 0.15) is 0 Å². The van der Waals surface area contributed by atoms with Gasteiger partial charge < -0.3 is 10.2 Å². The van der Waals surface area contributed by atoms with Crippen molar-refractivity contribution in [3.8, 4) is 0 Å². The molecule has 1 aromatic carbocycles. The van der Waals surface area contributed by atoms with E-state index in [1.807, 2.05) is 26.0 Å². The van der Waals surface area contributed by atoms with E-state index in [1.54, 1.807) is 16.8 Å². The lowest BCUT2D eigenvalue weighted by Crippen LogP contribution is -2.41. The first-order valence-corrected chi connectivity index (χ1v) is 8.77. The maximum atomic E-state index is 12.1. The van der Waals surface area contributed by atoms with Gasteiger partial charge in [-0.1, -0.05) is 26.0 Å². The minimum absolute atomic E-state index is 0.0493. The number of carbonyl (C=O) groups is 2. The van der Waals surface area contributed by atoms with Crippen molar-refractivity contribution in [1.82, 2.24) is 9.80 Å². The lowest BCUT2D eigenvalue weighted by Gasteiger charge is -2.22. The van der Waals surface area contributed by atoms with Gasteiger partial charge in [0.25, 0.3) is 0 Å². The quantitative estimate of drug-likeness (QED) is 0.756. The highest BCUT2D eigenvalue weighted by molar-refractivity contribution is 5.92. The van der Waals surface area contributed by atoms with E-state index in [2.05, 4.69) is 31.3 Å². The number of amides is 2. The zero-order chi connectivity index (χ0) is 18.1. The molecular formula is C19H31N3O2. The minimum Gasteiger partial charge on any atom is -0.342 e. The Hall–Kier alpha value is -1.88. The topological polar surface area (TPSA) is 52.7 Å². The fourth-order valence-corrected chi connectivity index (χ4v) is 2.54. The fraction of sp³-hybridized carbons (Fsp3) is 0.579. The predicted molar refractivity (Wildman–Crippen MR) is 99.2 cm³/mol. The van der Waals surface area contributed by atoms with E-state index < -0.39 is 0 Å². The molecule has 5 nitrogen and oxygen atoms in total. The van der Waals surface area contributed by atoms with Crippen LogP contribution < -0.4 is 5.32 Å². The first kappa shape index (κ1) is 20.2. The molecule has 0 radical (unpaired) electrons. The van der Waals surface area contributed by atoms with Gasteiger partial charge in [-0.15, -0.1) is 0 Å². The Bertz CT molecular complexity index is 524. The summed E-state index contributed by atoms with van der Waals surface area (Å²) in [6.45, 7) is 10.1. The van der Waals surface area contributed by atoms with Crippen molar-refractivity contribution < 1.29 is 9.59 Å². The average molecular weight is 333 g/mol. The fourth-order valence-electron chi connectivity index (χ4n) is 2.54. The molecule has 0 aliphatic heterocycles. The molecule has 0 heterocycles. The summed E-state index contributed by atoms with van der Waals surface area (Å²) in [4.78, 5) is 27.7. The van der Waals surface area contributed by atoms with E-state index in [4.69, 9.17) is 0 Å². The van der Waals surface area contributed by atoms with Crippen molar-refractivity contribution in [2.75, 3.05) is 38.5 Å². The Morgan fingerprint density at radius 1 is 1.04 bits per heavy atom. The molecule has 0 aliphatic carbocycles. The standard InChI is InChI=1S/C19H31N3O2/c1-6-15(4)16-9-11-17(12-10-16)20-18(23)13-21(5)14-19(24)22(7-2)8-3/h9-12,15H,6-8,13-14H2,1-5H3,(H,20,23)/t15-/m0/s1. The van der Waals surface area contributed by atoms with Gasteiger partial charge in [0.2, 0.25) is 11.8 Å². The molecule has 0 spiro atoms. The SMILES string of the molecule is CC[C@H](C)c1ccc(NC(=O)CN(C)CC(=O)N(CC)CC)cc1. The average Bonchev–Trinajstić information content (AvgIpc) is 2.55. The molecule has 0 bridgehead atoms. The minimum atomic E-state index is -0.110. The zero-order valence-corrected chi connectivity index (χ0v) is 15.6. The summed E-state index contributed by atoms with van der Waals surface area (Å²) >= 11 is 0. The first-order valence-electron chi connectivity index (χ1n) is 8.77. The van der Waals surface area contributed by atoms with Crippen LogP contribution in [0.4, 0.5) is 5.69 Å². The molecule has 1 aromatic rings. The number of rotatable bonds is 9. The van der Waals surface area contributed by atoms with Crippen molar-refractivity contribution in [3.05, 3.63) is 29.8 Å². The van der Waals surface area contributed by atoms with Crippen LogP contribution in [0.1, 0.15) is 45.6 Å². The molecule has 134 valence electrons. The third-order valence-electron chi connectivity index (χ3n) is 4.31. The molecule has 24 heavy (non-hydrogen) atoms. The molecule has 1 rings (SSSR count). The summed E-state index contributed by atoms with van der Waals surface area (Å²) in [7, 11) is 1.78. The van der Waals surface area contributed by atoms with E-state index in [-0.39, 0.29) is 24.9 Å². The van der Waals surface area contributed by atoms with Crippen molar-refractivity contribution >= 4 is 17.5 Å². The maximum Gasteiger partial charge on any atom is 0.238 e. The first-order chi connectivity index (χ1) is 11.4. The second-order valence-corrected chi connectivity index (χ2v) is 6.22. The molecule has 5 heteroatoms. The number of hydrogen-bond acceptors (Lipinski definition) is 3. The Labute approximate surface area is 146 Å². The molecule has 0 saturated heterocycles. The van der Waals surface area contributed by atoms with E-state index >= 15 is 0 Å². The van der Waals surface area contributed by atoms with Crippen molar-refractivity contribution in [2.45, 2.75) is 40.0 Å². The third-order valence-corrected chi connectivity index (χ3v) is 4.31. The van der Waals surface area contributed by atoms with E-state index in [1.165, 1.54) is 5.56 Å². The van der Waals surface area contributed by atoms with Crippen LogP contribution in [-0.4, -0.2) is 54.8 Å². The van der Waals surface area contributed by atoms with Gasteiger partial charge in [0.05, 0.1) is 13.1 Å². The van der Waals surface area contributed by atoms with E-state index in [0.29, 0.717) is 19.0 Å². The van der Waals surface area contributed by atoms with Gasteiger partial charge >= 0.3 is 0 Å². The molecule has 0 fully saturated rings. The highest BCUT2D eigenvalue weighted by Crippen LogP contribution is 2.20. The highest BCUT2D eigenvalue weighted by Gasteiger charge is 2.14. The van der Waals surface area contributed by atoms with E-state index in [0.717, 1.165) is 12.1 Å². The van der Waals surface area contributed by atoms with Crippen LogP contribution in [0, 0.1) is 0 Å². The van der Waals surface area contributed by atoms with Crippen molar-refractivity contribution in [1.29, 1.82) is 0 Å². The number of benzene rings is 1. The summed E-state index contributed by atoms with van der Waals surface area (Å²) in [6, 6.07) is 7.97. The molecule has 1 N–H and O–H groups in total. The van der Waals surface area contributed by atoms with Gasteiger partial charge in [-0.05, 0) is 50.9 Å². The largest absolute Gasteiger partial charge is 0.342 e. The number of nitrogens with one attached hydrogen (secondary N) is 1. The Kier molecular flexibility index (Phi) is 8.47. The number of likely N-dealkylation sites (N-methyl/N-ethyl adjacent to an activating group) is 2. The Morgan fingerprint density at radius 3 is 2.12 bits per heavy atom. The van der Waals surface area contributed by atoms with Crippen molar-refractivity contribution in [3.63, 3.8) is 0 Å². The van der Waals surface area contributed by atoms with Gasteiger partial charge in [0, 0.05) is 18.8 Å². The third kappa shape index (κ3) is 6.32. The summed E-state index contributed by atoms with van der Waals surface area (Å²) in [5.74, 6) is 0.460. The molecular weight excluding hydrogens is 302 g/mol. The van der Waals surface area contributed by atoms with Crippen LogP contribution >= 0.6 is 0 Å².